The maximum Gasteiger partial charge on any atom is 0.262 e. The lowest BCUT2D eigenvalue weighted by atomic mass is 9.99. The Bertz CT molecular complexity index is 866. The van der Waals surface area contributed by atoms with Crippen LogP contribution >= 0.6 is 0 Å². The van der Waals surface area contributed by atoms with Crippen LogP contribution in [-0.2, 0) is 6.42 Å². The highest BCUT2D eigenvalue weighted by Gasteiger charge is 2.25. The summed E-state index contributed by atoms with van der Waals surface area (Å²) >= 11 is 0. The number of carbonyl (C=O) groups is 1. The fourth-order valence-electron chi connectivity index (χ4n) is 3.20. The van der Waals surface area contributed by atoms with E-state index in [1.54, 1.807) is 6.20 Å². The van der Waals surface area contributed by atoms with Gasteiger partial charge in [-0.2, -0.15) is 0 Å². The summed E-state index contributed by atoms with van der Waals surface area (Å²) in [7, 11) is 0. The number of amides is 1. The summed E-state index contributed by atoms with van der Waals surface area (Å²) in [6, 6.07) is 10.1. The first-order valence-electron chi connectivity index (χ1n) is 7.57. The van der Waals surface area contributed by atoms with Gasteiger partial charge in [-0.15, -0.1) is 0 Å². The molecule has 0 atom stereocenters. The Balaban J connectivity index is 1.80. The van der Waals surface area contributed by atoms with Crippen LogP contribution in [0, 0.1) is 6.92 Å². The third-order valence-corrected chi connectivity index (χ3v) is 4.25. The van der Waals surface area contributed by atoms with Gasteiger partial charge in [0.25, 0.3) is 5.91 Å². The van der Waals surface area contributed by atoms with E-state index in [1.807, 2.05) is 33.8 Å². The highest BCUT2D eigenvalue weighted by atomic mass is 16.2. The first-order valence-corrected chi connectivity index (χ1v) is 7.57. The number of hydrogen-bond donors (Lipinski definition) is 0. The molecule has 22 heavy (non-hydrogen) atoms. The van der Waals surface area contributed by atoms with Crippen molar-refractivity contribution in [2.24, 2.45) is 0 Å². The molecule has 0 saturated heterocycles. The number of aryl methyl sites for hydroxylation is 2. The van der Waals surface area contributed by atoms with Crippen molar-refractivity contribution in [2.45, 2.75) is 19.8 Å². The van der Waals surface area contributed by atoms with Gasteiger partial charge in [-0.05, 0) is 43.5 Å². The van der Waals surface area contributed by atoms with E-state index < -0.39 is 0 Å². The zero-order chi connectivity index (χ0) is 15.1. The van der Waals surface area contributed by atoms with Crippen LogP contribution in [0.1, 0.15) is 27.9 Å². The van der Waals surface area contributed by atoms with Crippen molar-refractivity contribution in [1.82, 2.24) is 9.38 Å². The molecule has 110 valence electrons. The number of nitrogens with zero attached hydrogens (tertiary/aromatic N) is 3. The van der Waals surface area contributed by atoms with Crippen LogP contribution in [0.5, 0.6) is 0 Å². The number of imidazole rings is 1. The number of anilines is 1. The Labute approximate surface area is 129 Å². The van der Waals surface area contributed by atoms with Gasteiger partial charge in [0.15, 0.2) is 0 Å². The minimum atomic E-state index is 0.0293. The van der Waals surface area contributed by atoms with Gasteiger partial charge in [0.05, 0.1) is 5.56 Å². The molecule has 0 saturated carbocycles. The molecule has 0 spiro atoms. The largest absolute Gasteiger partial charge is 0.308 e. The van der Waals surface area contributed by atoms with E-state index in [9.17, 15) is 4.79 Å². The van der Waals surface area contributed by atoms with Gasteiger partial charge in [-0.3, -0.25) is 4.79 Å². The van der Waals surface area contributed by atoms with Gasteiger partial charge in [-0.25, -0.2) is 4.98 Å². The number of pyridine rings is 1. The quantitative estimate of drug-likeness (QED) is 0.690. The summed E-state index contributed by atoms with van der Waals surface area (Å²) < 4.78 is 1.88. The average molecular weight is 291 g/mol. The second kappa shape index (κ2) is 4.98. The maximum atomic E-state index is 13.0. The number of benzene rings is 1. The van der Waals surface area contributed by atoms with Crippen molar-refractivity contribution in [3.8, 4) is 0 Å². The molecule has 1 amide bonds. The first-order chi connectivity index (χ1) is 10.7. The Morgan fingerprint density at radius 3 is 3.05 bits per heavy atom. The van der Waals surface area contributed by atoms with Crippen molar-refractivity contribution < 1.29 is 4.79 Å². The summed E-state index contributed by atoms with van der Waals surface area (Å²) in [5, 5.41) is 0. The van der Waals surface area contributed by atoms with Gasteiger partial charge in [-0.1, -0.05) is 17.7 Å². The van der Waals surface area contributed by atoms with Gasteiger partial charge < -0.3 is 9.30 Å². The van der Waals surface area contributed by atoms with Crippen LogP contribution in [-0.4, -0.2) is 21.8 Å². The van der Waals surface area contributed by atoms with Crippen LogP contribution in [0.4, 0.5) is 5.69 Å². The van der Waals surface area contributed by atoms with Gasteiger partial charge in [0.2, 0.25) is 0 Å². The van der Waals surface area contributed by atoms with Crippen molar-refractivity contribution in [2.75, 3.05) is 11.4 Å². The molecule has 1 aliphatic heterocycles. The van der Waals surface area contributed by atoms with E-state index >= 15 is 0 Å². The van der Waals surface area contributed by atoms with Crippen molar-refractivity contribution >= 4 is 17.2 Å². The Hall–Kier alpha value is -2.62. The molecule has 0 fully saturated rings. The monoisotopic (exact) mass is 291 g/mol. The molecule has 0 unspecified atom stereocenters. The summed E-state index contributed by atoms with van der Waals surface area (Å²) in [6.45, 7) is 2.85. The Morgan fingerprint density at radius 2 is 2.14 bits per heavy atom. The summed E-state index contributed by atoms with van der Waals surface area (Å²) in [4.78, 5) is 19.2. The average Bonchev–Trinajstić information content (AvgIpc) is 3.01. The molecule has 0 radical (unpaired) electrons. The molecule has 4 rings (SSSR count). The molecule has 1 aromatic carbocycles. The minimum Gasteiger partial charge on any atom is -0.308 e. The minimum absolute atomic E-state index is 0.0293. The number of carbonyl (C=O) groups excluding carboxylic acids is 1. The Kier molecular flexibility index (Phi) is 2.96. The fraction of sp³-hybridized carbons (Fsp3) is 0.222. The summed E-state index contributed by atoms with van der Waals surface area (Å²) in [5.74, 6) is 0.0293. The predicted molar refractivity (Wildman–Crippen MR) is 86.4 cm³/mol. The summed E-state index contributed by atoms with van der Waals surface area (Å²) in [5.41, 5.74) is 4.90. The summed E-state index contributed by atoms with van der Waals surface area (Å²) in [6.07, 6.45) is 7.53. The highest BCUT2D eigenvalue weighted by molar-refractivity contribution is 6.10. The topological polar surface area (TPSA) is 37.6 Å². The maximum absolute atomic E-state index is 13.0. The smallest absolute Gasteiger partial charge is 0.262 e. The number of fused-ring (bicyclic) bond motifs is 2. The van der Waals surface area contributed by atoms with Crippen molar-refractivity contribution in [3.05, 3.63) is 65.6 Å². The van der Waals surface area contributed by atoms with Crippen LogP contribution < -0.4 is 4.90 Å². The molecule has 0 aliphatic carbocycles. The third-order valence-electron chi connectivity index (χ3n) is 4.25. The van der Waals surface area contributed by atoms with Crippen LogP contribution in [0.2, 0.25) is 0 Å². The van der Waals surface area contributed by atoms with E-state index in [-0.39, 0.29) is 5.91 Å². The third kappa shape index (κ3) is 1.99. The fourth-order valence-corrected chi connectivity index (χ4v) is 3.20. The molecule has 4 nitrogen and oxygen atoms in total. The normalized spacial score (nSPS) is 14.1. The molecular weight excluding hydrogens is 274 g/mol. The second-order valence-electron chi connectivity index (χ2n) is 5.77. The van der Waals surface area contributed by atoms with Crippen molar-refractivity contribution in [1.29, 1.82) is 0 Å². The predicted octanol–water partition coefficient (Wildman–Crippen LogP) is 3.24. The van der Waals surface area contributed by atoms with Gasteiger partial charge in [0.1, 0.15) is 5.65 Å². The molecule has 2 aromatic heterocycles. The van der Waals surface area contributed by atoms with E-state index in [1.165, 1.54) is 11.1 Å². The molecule has 3 aromatic rings. The lowest BCUT2D eigenvalue weighted by Gasteiger charge is -2.30. The van der Waals surface area contributed by atoms with Crippen LogP contribution in [0.15, 0.2) is 48.9 Å². The first kappa shape index (κ1) is 13.1. The van der Waals surface area contributed by atoms with Crippen LogP contribution in [0.3, 0.4) is 0 Å². The SMILES string of the molecule is Cc1ccc2c(c1)CCCN2C(=O)c1cccn2ccnc12. The van der Waals surface area contributed by atoms with E-state index in [0.717, 1.165) is 25.1 Å². The van der Waals surface area contributed by atoms with Crippen molar-refractivity contribution in [3.63, 3.8) is 0 Å². The zero-order valence-corrected chi connectivity index (χ0v) is 12.5. The van der Waals surface area contributed by atoms with Gasteiger partial charge >= 0.3 is 0 Å². The molecular formula is C18H17N3O. The highest BCUT2D eigenvalue weighted by Crippen LogP contribution is 2.29. The van der Waals surface area contributed by atoms with Gasteiger partial charge in [0, 0.05) is 30.8 Å². The lowest BCUT2D eigenvalue weighted by molar-refractivity contribution is 0.0986. The molecule has 0 N–H and O–H groups in total. The van der Waals surface area contributed by atoms with E-state index in [2.05, 4.69) is 30.1 Å². The lowest BCUT2D eigenvalue weighted by Crippen LogP contribution is -2.35. The standard InChI is InChI=1S/C18H17N3O/c1-13-6-7-16-14(12-13)4-2-10-21(16)18(22)15-5-3-9-20-11-8-19-17(15)20/h3,5-9,11-12H,2,4,10H2,1H3. The zero-order valence-electron chi connectivity index (χ0n) is 12.5. The van der Waals surface area contributed by atoms with E-state index in [4.69, 9.17) is 0 Å². The van der Waals surface area contributed by atoms with Crippen LogP contribution in [0.25, 0.3) is 5.65 Å². The van der Waals surface area contributed by atoms with E-state index in [0.29, 0.717) is 11.2 Å². The number of hydrogen-bond acceptors (Lipinski definition) is 2. The molecule has 4 heteroatoms. The molecule has 1 aliphatic rings. The molecule has 0 bridgehead atoms. The Morgan fingerprint density at radius 1 is 1.23 bits per heavy atom. The second-order valence-corrected chi connectivity index (χ2v) is 5.77. The molecule has 3 heterocycles. The number of aromatic nitrogens is 2. The number of rotatable bonds is 1.